The Labute approximate surface area is 217 Å². The molecule has 2 amide bonds. The first-order chi connectivity index (χ1) is 18.1. The molecule has 1 aromatic heterocycles. The average Bonchev–Trinajstić information content (AvgIpc) is 2.87. The minimum atomic E-state index is -1.17. The van der Waals surface area contributed by atoms with Gasteiger partial charge in [-0.15, -0.1) is 0 Å². The van der Waals surface area contributed by atoms with E-state index < -0.39 is 47.5 Å². The zero-order valence-electron chi connectivity index (χ0n) is 20.7. The standard InChI is InChI=1S/C27H25F2N3O6/c1-15(32-26(35)24-25(38-17(3)34)22(31-14-33)12-13-30-24)27(36)37-16(2)23(18-4-8-20(28)9-5-18)19-6-10-21(29)11-7-19/h4-16,23H,1-3H3,(H,32,35)(H,30,31,33). The third-order valence-corrected chi connectivity index (χ3v) is 5.51. The molecule has 0 aliphatic heterocycles. The second kappa shape index (κ2) is 12.5. The zero-order valence-corrected chi connectivity index (χ0v) is 20.7. The van der Waals surface area contributed by atoms with E-state index in [0.717, 1.165) is 6.92 Å². The maximum Gasteiger partial charge on any atom is 0.328 e. The summed E-state index contributed by atoms with van der Waals surface area (Å²) in [7, 11) is 0. The molecule has 3 rings (SSSR count). The summed E-state index contributed by atoms with van der Waals surface area (Å²) in [5.41, 5.74) is 0.949. The Morgan fingerprint density at radius 2 is 1.47 bits per heavy atom. The van der Waals surface area contributed by atoms with Gasteiger partial charge in [0.2, 0.25) is 6.41 Å². The largest absolute Gasteiger partial charge is 0.460 e. The van der Waals surface area contributed by atoms with Gasteiger partial charge in [0.05, 0.1) is 5.69 Å². The van der Waals surface area contributed by atoms with Crippen LogP contribution in [0.5, 0.6) is 5.75 Å². The molecule has 9 nitrogen and oxygen atoms in total. The van der Waals surface area contributed by atoms with E-state index in [-0.39, 0.29) is 17.1 Å². The third-order valence-electron chi connectivity index (χ3n) is 5.51. The molecule has 2 unspecified atom stereocenters. The van der Waals surface area contributed by atoms with Gasteiger partial charge in [-0.1, -0.05) is 24.3 Å². The van der Waals surface area contributed by atoms with Gasteiger partial charge >= 0.3 is 11.9 Å². The van der Waals surface area contributed by atoms with E-state index in [1.807, 2.05) is 0 Å². The van der Waals surface area contributed by atoms with Gasteiger partial charge in [-0.05, 0) is 55.3 Å². The molecule has 2 aromatic carbocycles. The summed E-state index contributed by atoms with van der Waals surface area (Å²) in [5, 5.41) is 4.75. The summed E-state index contributed by atoms with van der Waals surface area (Å²) in [6.07, 6.45) is 0.756. The molecule has 0 radical (unpaired) electrons. The second-order valence-corrected chi connectivity index (χ2v) is 8.31. The lowest BCUT2D eigenvalue weighted by molar-refractivity contribution is -0.150. The number of carbonyl (C=O) groups is 4. The summed E-state index contributed by atoms with van der Waals surface area (Å²) >= 11 is 0. The number of halogens is 2. The van der Waals surface area contributed by atoms with Gasteiger partial charge in [-0.2, -0.15) is 0 Å². The number of anilines is 1. The summed E-state index contributed by atoms with van der Waals surface area (Å²) in [5.74, 6) is -4.14. The highest BCUT2D eigenvalue weighted by Gasteiger charge is 2.29. The van der Waals surface area contributed by atoms with Crippen molar-refractivity contribution in [2.45, 2.75) is 38.8 Å². The third kappa shape index (κ3) is 6.96. The molecule has 0 aliphatic carbocycles. The number of hydrogen-bond acceptors (Lipinski definition) is 7. The normalized spacial score (nSPS) is 12.3. The Kier molecular flexibility index (Phi) is 9.20. The molecule has 0 saturated heterocycles. The monoisotopic (exact) mass is 525 g/mol. The molecule has 3 aromatic rings. The van der Waals surface area contributed by atoms with E-state index in [4.69, 9.17) is 9.47 Å². The van der Waals surface area contributed by atoms with Crippen molar-refractivity contribution in [2.24, 2.45) is 0 Å². The van der Waals surface area contributed by atoms with Crippen LogP contribution in [0.3, 0.4) is 0 Å². The molecule has 2 N–H and O–H groups in total. The Hall–Kier alpha value is -4.67. The van der Waals surface area contributed by atoms with Crippen LogP contribution >= 0.6 is 0 Å². The Bertz CT molecular complexity index is 1270. The fraction of sp³-hybridized carbons (Fsp3) is 0.222. The molecule has 0 spiro atoms. The number of pyridine rings is 1. The predicted octanol–water partition coefficient (Wildman–Crippen LogP) is 3.74. The number of rotatable bonds is 10. The Balaban J connectivity index is 1.79. The van der Waals surface area contributed by atoms with E-state index in [1.54, 1.807) is 31.2 Å². The first-order valence-electron chi connectivity index (χ1n) is 11.5. The molecule has 2 atom stereocenters. The van der Waals surface area contributed by atoms with Crippen LogP contribution in [0.1, 0.15) is 48.3 Å². The lowest BCUT2D eigenvalue weighted by Crippen LogP contribution is -2.41. The predicted molar refractivity (Wildman–Crippen MR) is 132 cm³/mol. The first-order valence-corrected chi connectivity index (χ1v) is 11.5. The zero-order chi connectivity index (χ0) is 27.8. The fourth-order valence-corrected chi connectivity index (χ4v) is 3.79. The number of carbonyl (C=O) groups excluding carboxylic acids is 4. The number of nitrogens with one attached hydrogen (secondary N) is 2. The topological polar surface area (TPSA) is 124 Å². The maximum absolute atomic E-state index is 13.5. The van der Waals surface area contributed by atoms with Crippen LogP contribution in [0.2, 0.25) is 0 Å². The van der Waals surface area contributed by atoms with Crippen LogP contribution in [0.15, 0.2) is 60.8 Å². The number of aromatic nitrogens is 1. The van der Waals surface area contributed by atoms with Crippen molar-refractivity contribution in [3.05, 3.63) is 89.2 Å². The van der Waals surface area contributed by atoms with E-state index >= 15 is 0 Å². The minimum absolute atomic E-state index is 0.0284. The van der Waals surface area contributed by atoms with Crippen molar-refractivity contribution >= 4 is 29.9 Å². The fourth-order valence-electron chi connectivity index (χ4n) is 3.79. The van der Waals surface area contributed by atoms with Gasteiger partial charge in [-0.25, -0.2) is 18.6 Å². The number of esters is 2. The molecule has 0 aliphatic rings. The molecular formula is C27H25F2N3O6. The van der Waals surface area contributed by atoms with Gasteiger partial charge in [0.1, 0.15) is 23.8 Å². The molecule has 0 fully saturated rings. The van der Waals surface area contributed by atoms with Crippen molar-refractivity contribution in [3.63, 3.8) is 0 Å². The maximum atomic E-state index is 13.5. The van der Waals surface area contributed by atoms with Crippen molar-refractivity contribution in [3.8, 4) is 5.75 Å². The number of benzene rings is 2. The number of amides is 2. The summed E-state index contributed by atoms with van der Waals surface area (Å²) in [4.78, 5) is 52.1. The molecule has 198 valence electrons. The van der Waals surface area contributed by atoms with Crippen molar-refractivity contribution in [1.82, 2.24) is 10.3 Å². The molecule has 1 heterocycles. The summed E-state index contributed by atoms with van der Waals surface area (Å²) < 4.78 is 37.7. The second-order valence-electron chi connectivity index (χ2n) is 8.31. The highest BCUT2D eigenvalue weighted by Crippen LogP contribution is 2.31. The highest BCUT2D eigenvalue weighted by molar-refractivity contribution is 6.00. The smallest absolute Gasteiger partial charge is 0.328 e. The van der Waals surface area contributed by atoms with Gasteiger partial charge in [-0.3, -0.25) is 14.4 Å². The Morgan fingerprint density at radius 3 is 1.97 bits per heavy atom. The lowest BCUT2D eigenvalue weighted by atomic mass is 9.87. The molecule has 11 heteroatoms. The summed E-state index contributed by atoms with van der Waals surface area (Å²) in [6.45, 7) is 4.12. The van der Waals surface area contributed by atoms with E-state index in [9.17, 15) is 28.0 Å². The molecule has 0 bridgehead atoms. The van der Waals surface area contributed by atoms with E-state index in [2.05, 4.69) is 15.6 Å². The number of nitrogens with zero attached hydrogens (tertiary/aromatic N) is 1. The van der Waals surface area contributed by atoms with Crippen molar-refractivity contribution in [2.75, 3.05) is 5.32 Å². The van der Waals surface area contributed by atoms with Gasteiger partial charge < -0.3 is 20.1 Å². The molecule has 38 heavy (non-hydrogen) atoms. The van der Waals surface area contributed by atoms with E-state index in [0.29, 0.717) is 17.5 Å². The van der Waals surface area contributed by atoms with Crippen LogP contribution in [0, 0.1) is 11.6 Å². The first kappa shape index (κ1) is 27.9. The van der Waals surface area contributed by atoms with Crippen LogP contribution in [-0.2, 0) is 19.1 Å². The van der Waals surface area contributed by atoms with Gasteiger partial charge in [0.25, 0.3) is 5.91 Å². The molecular weight excluding hydrogens is 500 g/mol. The highest BCUT2D eigenvalue weighted by atomic mass is 19.1. The van der Waals surface area contributed by atoms with Crippen molar-refractivity contribution < 1.29 is 37.4 Å². The van der Waals surface area contributed by atoms with Crippen LogP contribution in [0.25, 0.3) is 0 Å². The average molecular weight is 526 g/mol. The minimum Gasteiger partial charge on any atom is -0.460 e. The van der Waals surface area contributed by atoms with Gasteiger partial charge in [0, 0.05) is 19.0 Å². The van der Waals surface area contributed by atoms with Crippen molar-refractivity contribution in [1.29, 1.82) is 0 Å². The van der Waals surface area contributed by atoms with Gasteiger partial charge in [0.15, 0.2) is 11.4 Å². The quantitative estimate of drug-likeness (QED) is 0.305. The van der Waals surface area contributed by atoms with Crippen LogP contribution in [0.4, 0.5) is 14.5 Å². The Morgan fingerprint density at radius 1 is 0.921 bits per heavy atom. The molecule has 0 saturated carbocycles. The SMILES string of the molecule is CC(=O)Oc1c(NC=O)ccnc1C(=O)NC(C)C(=O)OC(C)C(c1ccc(F)cc1)c1ccc(F)cc1. The summed E-state index contributed by atoms with van der Waals surface area (Å²) in [6, 6.07) is 11.4. The van der Waals surface area contributed by atoms with E-state index in [1.165, 1.54) is 43.5 Å². The van der Waals surface area contributed by atoms with Crippen LogP contribution in [-0.4, -0.2) is 41.4 Å². The number of hydrogen-bond donors (Lipinski definition) is 2. The van der Waals surface area contributed by atoms with Crippen LogP contribution < -0.4 is 15.4 Å². The lowest BCUT2D eigenvalue weighted by Gasteiger charge is -2.26. The number of ether oxygens (including phenoxy) is 2.